The standard InChI is InChI=1S/C18H24N4O2/c1-13-9-14(2)22(20-13)12-17-11-21(7-8-24-17)18(23)16-5-3-15(10-19)4-6-16/h3-6,9,17H,7-8,10-12,19H2,1-2H3. The van der Waals surface area contributed by atoms with Crippen LogP contribution in [-0.4, -0.2) is 46.4 Å². The molecule has 6 nitrogen and oxygen atoms in total. The Kier molecular flexibility index (Phi) is 4.97. The molecule has 2 heterocycles. The predicted octanol–water partition coefficient (Wildman–Crippen LogP) is 1.50. The second-order valence-electron chi connectivity index (χ2n) is 6.25. The van der Waals surface area contributed by atoms with Crippen molar-refractivity contribution in [2.75, 3.05) is 19.7 Å². The first-order valence-corrected chi connectivity index (χ1v) is 8.28. The summed E-state index contributed by atoms with van der Waals surface area (Å²) in [5, 5.41) is 4.47. The van der Waals surface area contributed by atoms with E-state index in [9.17, 15) is 4.79 Å². The molecule has 1 aliphatic heterocycles. The first-order chi connectivity index (χ1) is 11.6. The van der Waals surface area contributed by atoms with Gasteiger partial charge in [-0.05, 0) is 37.6 Å². The van der Waals surface area contributed by atoms with Crippen molar-refractivity contribution in [1.82, 2.24) is 14.7 Å². The van der Waals surface area contributed by atoms with E-state index in [0.29, 0.717) is 38.3 Å². The minimum atomic E-state index is -0.0379. The Bertz CT molecular complexity index is 708. The molecule has 1 aliphatic rings. The highest BCUT2D eigenvalue weighted by atomic mass is 16.5. The molecule has 1 fully saturated rings. The number of rotatable bonds is 4. The Morgan fingerprint density at radius 1 is 1.33 bits per heavy atom. The van der Waals surface area contributed by atoms with Gasteiger partial charge in [-0.3, -0.25) is 9.48 Å². The number of carbonyl (C=O) groups excluding carboxylic acids is 1. The van der Waals surface area contributed by atoms with Crippen molar-refractivity contribution in [1.29, 1.82) is 0 Å². The summed E-state index contributed by atoms with van der Waals surface area (Å²) in [5.41, 5.74) is 9.43. The minimum Gasteiger partial charge on any atom is -0.373 e. The molecule has 1 aromatic heterocycles. The molecule has 0 radical (unpaired) electrons. The summed E-state index contributed by atoms with van der Waals surface area (Å²) in [5.74, 6) is 0.0419. The van der Waals surface area contributed by atoms with Gasteiger partial charge >= 0.3 is 0 Å². The second kappa shape index (κ2) is 7.15. The molecule has 2 aromatic rings. The summed E-state index contributed by atoms with van der Waals surface area (Å²) in [6.45, 7) is 6.90. The van der Waals surface area contributed by atoms with Crippen LogP contribution in [0.25, 0.3) is 0 Å². The van der Waals surface area contributed by atoms with E-state index in [-0.39, 0.29) is 12.0 Å². The van der Waals surface area contributed by atoms with Gasteiger partial charge in [0.25, 0.3) is 5.91 Å². The number of carbonyl (C=O) groups is 1. The van der Waals surface area contributed by atoms with Crippen molar-refractivity contribution in [2.45, 2.75) is 33.0 Å². The van der Waals surface area contributed by atoms with Crippen molar-refractivity contribution >= 4 is 5.91 Å². The molecular weight excluding hydrogens is 304 g/mol. The van der Waals surface area contributed by atoms with E-state index in [1.807, 2.05) is 53.8 Å². The molecule has 0 saturated carbocycles. The molecule has 0 bridgehead atoms. The first kappa shape index (κ1) is 16.7. The Morgan fingerprint density at radius 2 is 2.08 bits per heavy atom. The Hall–Kier alpha value is -2.18. The lowest BCUT2D eigenvalue weighted by Gasteiger charge is -2.33. The third-order valence-electron chi connectivity index (χ3n) is 4.34. The summed E-state index contributed by atoms with van der Waals surface area (Å²) < 4.78 is 7.78. The van der Waals surface area contributed by atoms with Crippen molar-refractivity contribution in [2.24, 2.45) is 5.73 Å². The summed E-state index contributed by atoms with van der Waals surface area (Å²) in [4.78, 5) is 14.5. The fourth-order valence-corrected chi connectivity index (χ4v) is 3.03. The van der Waals surface area contributed by atoms with Crippen molar-refractivity contribution in [3.8, 4) is 0 Å². The lowest BCUT2D eigenvalue weighted by Crippen LogP contribution is -2.47. The molecule has 1 unspecified atom stereocenters. The van der Waals surface area contributed by atoms with Gasteiger partial charge in [0, 0.05) is 30.9 Å². The highest BCUT2D eigenvalue weighted by molar-refractivity contribution is 5.94. The largest absolute Gasteiger partial charge is 0.373 e. The van der Waals surface area contributed by atoms with Crippen LogP contribution in [0.3, 0.4) is 0 Å². The van der Waals surface area contributed by atoms with Crippen LogP contribution >= 0.6 is 0 Å². The molecule has 3 rings (SSSR count). The van der Waals surface area contributed by atoms with Crippen LogP contribution in [0.15, 0.2) is 30.3 Å². The topological polar surface area (TPSA) is 73.4 Å². The van der Waals surface area contributed by atoms with E-state index in [0.717, 1.165) is 17.0 Å². The molecule has 128 valence electrons. The SMILES string of the molecule is Cc1cc(C)n(CC2CN(C(=O)c3ccc(CN)cc3)CCO2)n1. The highest BCUT2D eigenvalue weighted by Crippen LogP contribution is 2.14. The van der Waals surface area contributed by atoms with Gasteiger partial charge < -0.3 is 15.4 Å². The molecule has 1 saturated heterocycles. The lowest BCUT2D eigenvalue weighted by molar-refractivity contribution is -0.0302. The number of nitrogens with zero attached hydrogens (tertiary/aromatic N) is 3. The number of benzene rings is 1. The number of hydrogen-bond donors (Lipinski definition) is 1. The lowest BCUT2D eigenvalue weighted by atomic mass is 10.1. The van der Waals surface area contributed by atoms with E-state index in [4.69, 9.17) is 10.5 Å². The first-order valence-electron chi connectivity index (χ1n) is 8.28. The fraction of sp³-hybridized carbons (Fsp3) is 0.444. The molecule has 0 aliphatic carbocycles. The van der Waals surface area contributed by atoms with E-state index in [1.54, 1.807) is 0 Å². The van der Waals surface area contributed by atoms with Crippen LogP contribution in [0.4, 0.5) is 0 Å². The van der Waals surface area contributed by atoms with Gasteiger partial charge in [0.05, 0.1) is 24.9 Å². The molecule has 24 heavy (non-hydrogen) atoms. The number of nitrogens with two attached hydrogens (primary N) is 1. The van der Waals surface area contributed by atoms with Crippen molar-refractivity contribution in [3.05, 3.63) is 52.8 Å². The zero-order valence-corrected chi connectivity index (χ0v) is 14.2. The van der Waals surface area contributed by atoms with Gasteiger partial charge in [0.2, 0.25) is 0 Å². The zero-order chi connectivity index (χ0) is 17.1. The third kappa shape index (κ3) is 3.66. The average Bonchev–Trinajstić information content (AvgIpc) is 2.92. The van der Waals surface area contributed by atoms with Crippen LogP contribution in [0.2, 0.25) is 0 Å². The Morgan fingerprint density at radius 3 is 2.71 bits per heavy atom. The molecule has 1 atom stereocenters. The van der Waals surface area contributed by atoms with E-state index < -0.39 is 0 Å². The van der Waals surface area contributed by atoms with E-state index in [2.05, 4.69) is 5.10 Å². The third-order valence-corrected chi connectivity index (χ3v) is 4.34. The Labute approximate surface area is 142 Å². The van der Waals surface area contributed by atoms with Crippen LogP contribution in [-0.2, 0) is 17.8 Å². The average molecular weight is 328 g/mol. The number of ether oxygens (including phenoxy) is 1. The molecule has 1 amide bonds. The smallest absolute Gasteiger partial charge is 0.254 e. The van der Waals surface area contributed by atoms with E-state index in [1.165, 1.54) is 0 Å². The predicted molar refractivity (Wildman–Crippen MR) is 91.7 cm³/mol. The van der Waals surface area contributed by atoms with Crippen LogP contribution in [0.5, 0.6) is 0 Å². The molecule has 1 aromatic carbocycles. The number of aromatic nitrogens is 2. The van der Waals surface area contributed by atoms with Crippen molar-refractivity contribution < 1.29 is 9.53 Å². The fourth-order valence-electron chi connectivity index (χ4n) is 3.03. The minimum absolute atomic E-state index is 0.0379. The van der Waals surface area contributed by atoms with Crippen LogP contribution in [0, 0.1) is 13.8 Å². The monoisotopic (exact) mass is 328 g/mol. The molecule has 0 spiro atoms. The summed E-state index contributed by atoms with van der Waals surface area (Å²) in [6, 6.07) is 9.54. The molecular formula is C18H24N4O2. The number of morpholine rings is 1. The normalized spacial score (nSPS) is 18.0. The number of aryl methyl sites for hydroxylation is 2. The second-order valence-corrected chi connectivity index (χ2v) is 6.25. The summed E-state index contributed by atoms with van der Waals surface area (Å²) in [6.07, 6.45) is -0.0379. The maximum atomic E-state index is 12.7. The van der Waals surface area contributed by atoms with Gasteiger partial charge in [0.1, 0.15) is 0 Å². The number of amides is 1. The molecule has 6 heteroatoms. The van der Waals surface area contributed by atoms with Gasteiger partial charge in [-0.25, -0.2) is 0 Å². The van der Waals surface area contributed by atoms with Crippen LogP contribution in [0.1, 0.15) is 27.3 Å². The maximum absolute atomic E-state index is 12.7. The van der Waals surface area contributed by atoms with Crippen LogP contribution < -0.4 is 5.73 Å². The van der Waals surface area contributed by atoms with E-state index >= 15 is 0 Å². The van der Waals surface area contributed by atoms with Gasteiger partial charge in [-0.2, -0.15) is 5.10 Å². The van der Waals surface area contributed by atoms with Crippen molar-refractivity contribution in [3.63, 3.8) is 0 Å². The highest BCUT2D eigenvalue weighted by Gasteiger charge is 2.25. The maximum Gasteiger partial charge on any atom is 0.254 e. The zero-order valence-electron chi connectivity index (χ0n) is 14.2. The molecule has 2 N–H and O–H groups in total. The quantitative estimate of drug-likeness (QED) is 0.923. The van der Waals surface area contributed by atoms with Gasteiger partial charge in [0.15, 0.2) is 0 Å². The van der Waals surface area contributed by atoms with Gasteiger partial charge in [-0.1, -0.05) is 12.1 Å². The number of hydrogen-bond acceptors (Lipinski definition) is 4. The van der Waals surface area contributed by atoms with Gasteiger partial charge in [-0.15, -0.1) is 0 Å². The summed E-state index contributed by atoms with van der Waals surface area (Å²) in [7, 11) is 0. The Balaban J connectivity index is 1.66. The summed E-state index contributed by atoms with van der Waals surface area (Å²) >= 11 is 0.